The average Bonchev–Trinajstić information content (AvgIpc) is 2.81. The summed E-state index contributed by atoms with van der Waals surface area (Å²) < 4.78 is 27.9. The van der Waals surface area contributed by atoms with Crippen LogP contribution in [0.4, 0.5) is 8.78 Å². The molecule has 0 aliphatic carbocycles. The Balaban J connectivity index is 2.27. The molecule has 1 aromatic carbocycles. The molecule has 0 saturated carbocycles. The third-order valence-corrected chi connectivity index (χ3v) is 4.02. The molecule has 2 aromatic rings. The lowest BCUT2D eigenvalue weighted by Gasteiger charge is -2.19. The average molecular weight is 296 g/mol. The highest BCUT2D eigenvalue weighted by Gasteiger charge is 2.21. The van der Waals surface area contributed by atoms with Crippen molar-refractivity contribution in [2.24, 2.45) is 0 Å². The highest BCUT2D eigenvalue weighted by atomic mass is 32.1. The Labute approximate surface area is 121 Å². The van der Waals surface area contributed by atoms with Gasteiger partial charge in [-0.15, -0.1) is 11.3 Å². The van der Waals surface area contributed by atoms with E-state index in [0.717, 1.165) is 17.1 Å². The predicted molar refractivity (Wildman–Crippen MR) is 77.9 cm³/mol. The number of thiazole rings is 1. The van der Waals surface area contributed by atoms with E-state index in [9.17, 15) is 8.78 Å². The van der Waals surface area contributed by atoms with Crippen LogP contribution in [0.1, 0.15) is 35.7 Å². The Morgan fingerprint density at radius 1 is 1.30 bits per heavy atom. The van der Waals surface area contributed by atoms with Gasteiger partial charge < -0.3 is 5.32 Å². The van der Waals surface area contributed by atoms with Gasteiger partial charge in [-0.3, -0.25) is 0 Å². The molecule has 5 heteroatoms. The standard InChI is InChI=1S/C15H18F2N2S/c1-3-7-18-13(8-14-19-10(2)9-20-14)15-11(16)5-4-6-12(15)17/h4-6,9,13,18H,3,7-8H2,1-2H3. The van der Waals surface area contributed by atoms with Gasteiger partial charge in [0.25, 0.3) is 0 Å². The molecular weight excluding hydrogens is 278 g/mol. The van der Waals surface area contributed by atoms with E-state index in [1.807, 2.05) is 19.2 Å². The van der Waals surface area contributed by atoms with E-state index in [0.29, 0.717) is 13.0 Å². The first-order valence-electron chi connectivity index (χ1n) is 6.70. The number of benzene rings is 1. The maximum atomic E-state index is 13.9. The molecule has 0 aliphatic heterocycles. The summed E-state index contributed by atoms with van der Waals surface area (Å²) in [5, 5.41) is 6.05. The van der Waals surface area contributed by atoms with Crippen LogP contribution in [0.15, 0.2) is 23.6 Å². The molecule has 0 aliphatic rings. The minimum absolute atomic E-state index is 0.105. The van der Waals surface area contributed by atoms with Crippen molar-refractivity contribution in [1.29, 1.82) is 0 Å². The summed E-state index contributed by atoms with van der Waals surface area (Å²) in [5.41, 5.74) is 1.04. The maximum Gasteiger partial charge on any atom is 0.130 e. The molecule has 1 N–H and O–H groups in total. The predicted octanol–water partition coefficient (Wildman–Crippen LogP) is 4.01. The molecule has 2 rings (SSSR count). The molecule has 0 bridgehead atoms. The van der Waals surface area contributed by atoms with E-state index in [1.165, 1.54) is 29.5 Å². The Hall–Kier alpha value is -1.33. The monoisotopic (exact) mass is 296 g/mol. The summed E-state index contributed by atoms with van der Waals surface area (Å²) in [6.45, 7) is 4.65. The van der Waals surface area contributed by atoms with Gasteiger partial charge in [0.05, 0.1) is 5.01 Å². The quantitative estimate of drug-likeness (QED) is 0.871. The Kier molecular flexibility index (Phi) is 5.20. The number of aromatic nitrogens is 1. The van der Waals surface area contributed by atoms with Crippen LogP contribution in [0.5, 0.6) is 0 Å². The minimum atomic E-state index is -0.508. The number of hydrogen-bond acceptors (Lipinski definition) is 3. The maximum absolute atomic E-state index is 13.9. The molecule has 0 spiro atoms. The van der Waals surface area contributed by atoms with E-state index in [2.05, 4.69) is 10.3 Å². The lowest BCUT2D eigenvalue weighted by molar-refractivity contribution is 0.464. The van der Waals surface area contributed by atoms with Crippen LogP contribution in [0.25, 0.3) is 0 Å². The minimum Gasteiger partial charge on any atom is -0.309 e. The van der Waals surface area contributed by atoms with Gasteiger partial charge in [0.15, 0.2) is 0 Å². The molecule has 2 nitrogen and oxygen atoms in total. The van der Waals surface area contributed by atoms with Crippen LogP contribution in [-0.2, 0) is 6.42 Å². The summed E-state index contributed by atoms with van der Waals surface area (Å²) in [7, 11) is 0. The normalized spacial score (nSPS) is 12.6. The molecule has 0 fully saturated rings. The molecule has 0 radical (unpaired) electrons. The van der Waals surface area contributed by atoms with Gasteiger partial charge >= 0.3 is 0 Å². The number of hydrogen-bond donors (Lipinski definition) is 1. The second-order valence-electron chi connectivity index (χ2n) is 4.73. The summed E-state index contributed by atoms with van der Waals surface area (Å²) in [6, 6.07) is 3.60. The number of rotatable bonds is 6. The summed E-state index contributed by atoms with van der Waals surface area (Å²) in [5.74, 6) is -1.02. The van der Waals surface area contributed by atoms with Crippen LogP contribution in [-0.4, -0.2) is 11.5 Å². The van der Waals surface area contributed by atoms with Crippen molar-refractivity contribution < 1.29 is 8.78 Å². The number of aryl methyl sites for hydroxylation is 1. The summed E-state index contributed by atoms with van der Waals surface area (Å²) in [4.78, 5) is 4.38. The van der Waals surface area contributed by atoms with Crippen molar-refractivity contribution in [3.63, 3.8) is 0 Å². The Bertz CT molecular complexity index is 549. The fraction of sp³-hybridized carbons (Fsp3) is 0.400. The van der Waals surface area contributed by atoms with Crippen LogP contribution in [0, 0.1) is 18.6 Å². The molecule has 108 valence electrons. The first-order chi connectivity index (χ1) is 9.61. The molecule has 1 atom stereocenters. The van der Waals surface area contributed by atoms with E-state index in [-0.39, 0.29) is 11.6 Å². The highest BCUT2D eigenvalue weighted by Crippen LogP contribution is 2.25. The van der Waals surface area contributed by atoms with Gasteiger partial charge in [0.1, 0.15) is 11.6 Å². The molecule has 0 saturated heterocycles. The largest absolute Gasteiger partial charge is 0.309 e. The number of nitrogens with one attached hydrogen (secondary N) is 1. The zero-order valence-corrected chi connectivity index (χ0v) is 12.4. The van der Waals surface area contributed by atoms with Crippen LogP contribution in [0.2, 0.25) is 0 Å². The van der Waals surface area contributed by atoms with Gasteiger partial charge in [-0.1, -0.05) is 13.0 Å². The van der Waals surface area contributed by atoms with E-state index >= 15 is 0 Å². The fourth-order valence-electron chi connectivity index (χ4n) is 2.11. The van der Waals surface area contributed by atoms with Crippen LogP contribution >= 0.6 is 11.3 Å². The lowest BCUT2D eigenvalue weighted by atomic mass is 10.0. The molecule has 1 heterocycles. The number of halogens is 2. The van der Waals surface area contributed by atoms with Gasteiger partial charge in [-0.25, -0.2) is 13.8 Å². The second kappa shape index (κ2) is 6.90. The van der Waals surface area contributed by atoms with E-state index < -0.39 is 11.6 Å². The number of nitrogens with zero attached hydrogens (tertiary/aromatic N) is 1. The lowest BCUT2D eigenvalue weighted by Crippen LogP contribution is -2.26. The Morgan fingerprint density at radius 3 is 2.55 bits per heavy atom. The van der Waals surface area contributed by atoms with Gasteiger partial charge in [-0.05, 0) is 32.0 Å². The van der Waals surface area contributed by atoms with Crippen molar-refractivity contribution in [1.82, 2.24) is 10.3 Å². The van der Waals surface area contributed by atoms with E-state index in [4.69, 9.17) is 0 Å². The summed E-state index contributed by atoms with van der Waals surface area (Å²) >= 11 is 1.52. The Morgan fingerprint density at radius 2 is 2.00 bits per heavy atom. The molecule has 20 heavy (non-hydrogen) atoms. The van der Waals surface area contributed by atoms with Crippen molar-refractivity contribution in [2.75, 3.05) is 6.54 Å². The van der Waals surface area contributed by atoms with Crippen LogP contribution in [0.3, 0.4) is 0 Å². The highest BCUT2D eigenvalue weighted by molar-refractivity contribution is 7.09. The molecule has 1 unspecified atom stereocenters. The first-order valence-corrected chi connectivity index (χ1v) is 7.58. The zero-order chi connectivity index (χ0) is 14.5. The van der Waals surface area contributed by atoms with Crippen molar-refractivity contribution in [2.45, 2.75) is 32.7 Å². The van der Waals surface area contributed by atoms with Crippen LogP contribution < -0.4 is 5.32 Å². The summed E-state index contributed by atoms with van der Waals surface area (Å²) in [6.07, 6.45) is 1.40. The van der Waals surface area contributed by atoms with E-state index in [1.54, 1.807) is 0 Å². The van der Waals surface area contributed by atoms with Gasteiger partial charge in [0, 0.05) is 29.1 Å². The van der Waals surface area contributed by atoms with Gasteiger partial charge in [0.2, 0.25) is 0 Å². The molecule has 0 amide bonds. The zero-order valence-electron chi connectivity index (χ0n) is 11.6. The molecule has 1 aromatic heterocycles. The van der Waals surface area contributed by atoms with Crippen molar-refractivity contribution in [3.8, 4) is 0 Å². The molecular formula is C15H18F2N2S. The van der Waals surface area contributed by atoms with Crippen molar-refractivity contribution in [3.05, 3.63) is 51.5 Å². The first kappa shape index (κ1) is 15.1. The fourth-order valence-corrected chi connectivity index (χ4v) is 2.93. The van der Waals surface area contributed by atoms with Gasteiger partial charge in [-0.2, -0.15) is 0 Å². The van der Waals surface area contributed by atoms with Crippen molar-refractivity contribution >= 4 is 11.3 Å². The second-order valence-corrected chi connectivity index (χ2v) is 5.67. The third-order valence-electron chi connectivity index (χ3n) is 3.03. The smallest absolute Gasteiger partial charge is 0.130 e. The topological polar surface area (TPSA) is 24.9 Å². The third kappa shape index (κ3) is 3.61. The SMILES string of the molecule is CCCNC(Cc1nc(C)cs1)c1c(F)cccc1F.